The van der Waals surface area contributed by atoms with Crippen LogP contribution in [0.4, 0.5) is 26.3 Å². The highest BCUT2D eigenvalue weighted by Crippen LogP contribution is 2.50. The van der Waals surface area contributed by atoms with Crippen LogP contribution in [0.15, 0.2) is 29.4 Å². The zero-order valence-corrected chi connectivity index (χ0v) is 17.6. The summed E-state index contributed by atoms with van der Waals surface area (Å²) in [6, 6.07) is 2.78. The van der Waals surface area contributed by atoms with Gasteiger partial charge in [0.2, 0.25) is 6.10 Å². The largest absolute Gasteiger partial charge is 0.465 e. The number of amides is 1. The molecular formula is C20H22F6N2O5. The van der Waals surface area contributed by atoms with E-state index in [4.69, 9.17) is 9.57 Å². The monoisotopic (exact) mass is 484 g/mol. The van der Waals surface area contributed by atoms with Crippen molar-refractivity contribution in [3.05, 3.63) is 35.4 Å². The maximum atomic E-state index is 13.0. The Morgan fingerprint density at radius 2 is 1.73 bits per heavy atom. The lowest BCUT2D eigenvalue weighted by Gasteiger charge is -2.32. The van der Waals surface area contributed by atoms with E-state index >= 15 is 0 Å². The van der Waals surface area contributed by atoms with Crippen molar-refractivity contribution < 1.29 is 50.6 Å². The van der Waals surface area contributed by atoms with Crippen LogP contribution in [0.1, 0.15) is 37.8 Å². The topological polar surface area (TPSA) is 97.2 Å². The number of nitrogens with zero attached hydrogens (tertiary/aromatic N) is 1. The summed E-state index contributed by atoms with van der Waals surface area (Å²) in [4.78, 5) is 28.6. The van der Waals surface area contributed by atoms with Gasteiger partial charge in [-0.3, -0.25) is 9.59 Å². The first-order valence-corrected chi connectivity index (χ1v) is 9.79. The molecule has 184 valence electrons. The van der Waals surface area contributed by atoms with Crippen molar-refractivity contribution >= 4 is 17.6 Å². The van der Waals surface area contributed by atoms with Crippen molar-refractivity contribution in [2.24, 2.45) is 11.1 Å². The first-order valence-electron chi connectivity index (χ1n) is 9.79. The Bertz CT molecular complexity index is 866. The van der Waals surface area contributed by atoms with Gasteiger partial charge in [0, 0.05) is 18.5 Å². The van der Waals surface area contributed by atoms with Crippen LogP contribution in [0.3, 0.4) is 0 Å². The Morgan fingerprint density at radius 3 is 2.24 bits per heavy atom. The second-order valence-electron chi connectivity index (χ2n) is 7.74. The second kappa shape index (κ2) is 9.98. The van der Waals surface area contributed by atoms with E-state index in [1.807, 2.05) is 13.8 Å². The van der Waals surface area contributed by atoms with Crippen LogP contribution in [0.25, 0.3) is 0 Å². The number of hydrogen-bond acceptors (Lipinski definition) is 6. The number of oxime groups is 1. The number of hydrogen-bond donors (Lipinski definition) is 2. The molecule has 1 aliphatic rings. The average Bonchev–Trinajstić information content (AvgIpc) is 3.20. The molecule has 13 heteroatoms. The fraction of sp³-hybridized carbons (Fsp3) is 0.550. The number of aliphatic hydroxyl groups is 1. The van der Waals surface area contributed by atoms with Gasteiger partial charge in [-0.05, 0) is 11.5 Å². The van der Waals surface area contributed by atoms with Crippen molar-refractivity contribution in [2.75, 3.05) is 13.2 Å². The van der Waals surface area contributed by atoms with Gasteiger partial charge in [0.25, 0.3) is 11.5 Å². The molecule has 2 rings (SSSR count). The van der Waals surface area contributed by atoms with Gasteiger partial charge in [-0.1, -0.05) is 43.3 Å². The first kappa shape index (κ1) is 26.4. The Labute approximate surface area is 184 Å². The van der Waals surface area contributed by atoms with Crippen LogP contribution in [0.2, 0.25) is 0 Å². The van der Waals surface area contributed by atoms with Gasteiger partial charge in [-0.2, -0.15) is 26.3 Å². The normalized spacial score (nSPS) is 16.9. The fourth-order valence-corrected chi connectivity index (χ4v) is 2.81. The average molecular weight is 484 g/mol. The predicted molar refractivity (Wildman–Crippen MR) is 102 cm³/mol. The van der Waals surface area contributed by atoms with E-state index in [0.29, 0.717) is 12.1 Å². The SMILES string of the molecule is CC(C)COC(=O)CCNC(=O)C1CC(c2ccc(C(O)(C(F)(F)F)C(F)(F)F)cc2)=NO1. The molecular weight excluding hydrogens is 462 g/mol. The number of carbonyl (C=O) groups excluding carboxylic acids is 2. The summed E-state index contributed by atoms with van der Waals surface area (Å²) >= 11 is 0. The van der Waals surface area contributed by atoms with Gasteiger partial charge in [0.15, 0.2) is 0 Å². The third kappa shape index (κ3) is 6.15. The minimum atomic E-state index is -5.99. The molecule has 0 bridgehead atoms. The lowest BCUT2D eigenvalue weighted by atomic mass is 9.90. The summed E-state index contributed by atoms with van der Waals surface area (Å²) in [5, 5.41) is 15.5. The van der Waals surface area contributed by atoms with Gasteiger partial charge in [-0.25, -0.2) is 0 Å². The van der Waals surface area contributed by atoms with Crippen molar-refractivity contribution in [1.29, 1.82) is 0 Å². The number of ether oxygens (including phenoxy) is 1. The molecule has 0 fully saturated rings. The number of rotatable bonds is 8. The molecule has 1 unspecified atom stereocenters. The molecule has 1 amide bonds. The molecule has 0 saturated heterocycles. The van der Waals surface area contributed by atoms with Gasteiger partial charge in [0.05, 0.1) is 18.7 Å². The van der Waals surface area contributed by atoms with E-state index < -0.39 is 41.5 Å². The van der Waals surface area contributed by atoms with E-state index in [1.165, 1.54) is 0 Å². The molecule has 0 aliphatic carbocycles. The van der Waals surface area contributed by atoms with Crippen LogP contribution in [0, 0.1) is 5.92 Å². The molecule has 7 nitrogen and oxygen atoms in total. The molecule has 0 aromatic heterocycles. The van der Waals surface area contributed by atoms with Crippen LogP contribution in [-0.4, -0.2) is 54.3 Å². The molecule has 1 aromatic carbocycles. The highest BCUT2D eigenvalue weighted by atomic mass is 19.4. The van der Waals surface area contributed by atoms with E-state index in [0.717, 1.165) is 12.1 Å². The van der Waals surface area contributed by atoms with Gasteiger partial charge < -0.3 is 20.0 Å². The number of carbonyl (C=O) groups is 2. The third-order valence-electron chi connectivity index (χ3n) is 4.62. The van der Waals surface area contributed by atoms with E-state index in [-0.39, 0.29) is 43.2 Å². The number of nitrogens with one attached hydrogen (secondary N) is 1. The number of esters is 1. The summed E-state index contributed by atoms with van der Waals surface area (Å²) in [5.41, 5.74) is -6.23. The highest BCUT2D eigenvalue weighted by molar-refractivity contribution is 6.04. The number of benzene rings is 1. The van der Waals surface area contributed by atoms with Crippen LogP contribution < -0.4 is 5.32 Å². The molecule has 1 atom stereocenters. The minimum absolute atomic E-state index is 0.0207. The Kier molecular flexibility index (Phi) is 7.99. The van der Waals surface area contributed by atoms with Crippen molar-refractivity contribution in [2.45, 2.75) is 50.7 Å². The third-order valence-corrected chi connectivity index (χ3v) is 4.62. The summed E-state index contributed by atoms with van der Waals surface area (Å²) in [5.74, 6) is -0.938. The molecule has 1 aromatic rings. The van der Waals surface area contributed by atoms with Crippen molar-refractivity contribution in [3.63, 3.8) is 0 Å². The molecule has 1 heterocycles. The molecule has 2 N–H and O–H groups in total. The molecule has 0 radical (unpaired) electrons. The Morgan fingerprint density at radius 1 is 1.15 bits per heavy atom. The van der Waals surface area contributed by atoms with Gasteiger partial charge in [0.1, 0.15) is 0 Å². The minimum Gasteiger partial charge on any atom is -0.465 e. The standard InChI is InChI=1S/C20H22F6N2O5/c1-11(2)10-32-16(29)7-8-27-17(30)15-9-14(28-33-15)12-3-5-13(6-4-12)18(31,19(21,22)23)20(24,25)26/h3-6,11,15,31H,7-10H2,1-2H3,(H,27,30). The smallest absolute Gasteiger partial charge is 0.430 e. The van der Waals surface area contributed by atoms with E-state index in [9.17, 15) is 41.0 Å². The number of halogens is 6. The predicted octanol–water partition coefficient (Wildman–Crippen LogP) is 3.20. The van der Waals surface area contributed by atoms with Gasteiger partial charge in [-0.15, -0.1) is 0 Å². The zero-order chi connectivity index (χ0) is 25.0. The summed E-state index contributed by atoms with van der Waals surface area (Å²) in [7, 11) is 0. The maximum absolute atomic E-state index is 13.0. The van der Waals surface area contributed by atoms with Crippen LogP contribution >= 0.6 is 0 Å². The molecule has 0 spiro atoms. The summed E-state index contributed by atoms with van der Waals surface area (Å²) < 4.78 is 82.8. The lowest BCUT2D eigenvalue weighted by Crippen LogP contribution is -2.53. The zero-order valence-electron chi connectivity index (χ0n) is 17.6. The van der Waals surface area contributed by atoms with Crippen LogP contribution in [0.5, 0.6) is 0 Å². The Balaban J connectivity index is 1.96. The highest BCUT2D eigenvalue weighted by Gasteiger charge is 2.71. The van der Waals surface area contributed by atoms with E-state index in [2.05, 4.69) is 10.5 Å². The summed E-state index contributed by atoms with van der Waals surface area (Å²) in [6.45, 7) is 3.96. The Hall–Kier alpha value is -2.83. The quantitative estimate of drug-likeness (QED) is 0.437. The van der Waals surface area contributed by atoms with Crippen LogP contribution in [-0.2, 0) is 24.8 Å². The molecule has 33 heavy (non-hydrogen) atoms. The van der Waals surface area contributed by atoms with Crippen molar-refractivity contribution in [3.8, 4) is 0 Å². The first-order chi connectivity index (χ1) is 15.2. The van der Waals surface area contributed by atoms with Crippen molar-refractivity contribution in [1.82, 2.24) is 5.32 Å². The summed E-state index contributed by atoms with van der Waals surface area (Å²) in [6.07, 6.45) is -13.3. The lowest BCUT2D eigenvalue weighted by molar-refractivity contribution is -0.376. The fourth-order valence-electron chi connectivity index (χ4n) is 2.81. The second-order valence-corrected chi connectivity index (χ2v) is 7.74. The number of alkyl halides is 6. The molecule has 0 saturated carbocycles. The van der Waals surface area contributed by atoms with Gasteiger partial charge >= 0.3 is 18.3 Å². The molecule has 1 aliphatic heterocycles. The van der Waals surface area contributed by atoms with E-state index in [1.54, 1.807) is 0 Å². The maximum Gasteiger partial charge on any atom is 0.430 e.